The molecule has 0 bridgehead atoms. The number of aromatic nitrogens is 3. The van der Waals surface area contributed by atoms with E-state index in [1.165, 1.54) is 4.90 Å². The second-order valence-electron chi connectivity index (χ2n) is 8.35. The number of nitrogens with zero attached hydrogens (tertiary/aromatic N) is 3. The lowest BCUT2D eigenvalue weighted by Crippen LogP contribution is -2.39. The number of nitrogens with one attached hydrogen (secondary N) is 3. The molecule has 0 unspecified atom stereocenters. The van der Waals surface area contributed by atoms with Gasteiger partial charge >= 0.3 is 24.3 Å². The Morgan fingerprint density at radius 3 is 2.14 bits per heavy atom. The molecule has 7 N–H and O–H groups in total. The van der Waals surface area contributed by atoms with Gasteiger partial charge in [0.25, 0.3) is 5.91 Å². The van der Waals surface area contributed by atoms with Crippen LogP contribution in [0, 0.1) is 0 Å². The van der Waals surface area contributed by atoms with Crippen molar-refractivity contribution in [3.8, 4) is 0 Å². The maximum absolute atomic E-state index is 12.5. The van der Waals surface area contributed by atoms with Gasteiger partial charge in [-0.3, -0.25) is 19.9 Å². The van der Waals surface area contributed by atoms with Crippen LogP contribution in [0.4, 0.5) is 26.3 Å². The van der Waals surface area contributed by atoms with Crippen LogP contribution < -0.4 is 11.1 Å². The van der Waals surface area contributed by atoms with Crippen molar-refractivity contribution in [2.45, 2.75) is 31.6 Å². The standard InChI is InChI=1S/C20H25N7O2.2C2HF3O2/c1-27(19(29)17-11-14-5-2-3-7-16(14)25-17)10-8-18(28)26-20(21)23-9-4-6-15-12-22-13-24-15;2*3-2(4,5)1(6)7/h2-3,5,7,11-13,25H,4,6,8-10H2,1H3,(H,22,24)(H3,21,23,26,28);2*(H,6,7). The molecule has 2 heterocycles. The van der Waals surface area contributed by atoms with Crippen molar-refractivity contribution in [3.63, 3.8) is 0 Å². The third kappa shape index (κ3) is 13.9. The summed E-state index contributed by atoms with van der Waals surface area (Å²) < 4.78 is 63.5. The van der Waals surface area contributed by atoms with Crippen molar-refractivity contribution in [2.24, 2.45) is 10.7 Å². The van der Waals surface area contributed by atoms with Gasteiger partial charge in [0.2, 0.25) is 5.91 Å². The number of benzene rings is 1. The molecule has 13 nitrogen and oxygen atoms in total. The number of H-pyrrole nitrogens is 2. The van der Waals surface area contributed by atoms with E-state index in [-0.39, 0.29) is 30.7 Å². The molecule has 0 aliphatic rings. The van der Waals surface area contributed by atoms with Crippen LogP contribution in [0.3, 0.4) is 0 Å². The quantitative estimate of drug-likeness (QED) is 0.0950. The number of aliphatic carboxylic acids is 2. The van der Waals surface area contributed by atoms with Crippen molar-refractivity contribution >= 4 is 40.6 Å². The smallest absolute Gasteiger partial charge is 0.475 e. The molecule has 0 atom stereocenters. The highest BCUT2D eigenvalue weighted by Crippen LogP contribution is 2.16. The first-order chi connectivity index (χ1) is 19.9. The van der Waals surface area contributed by atoms with Crippen molar-refractivity contribution in [1.29, 1.82) is 0 Å². The van der Waals surface area contributed by atoms with Crippen molar-refractivity contribution in [2.75, 3.05) is 20.1 Å². The van der Waals surface area contributed by atoms with Crippen LogP contribution in [0.25, 0.3) is 10.9 Å². The number of rotatable bonds is 8. The van der Waals surface area contributed by atoms with Crippen LogP contribution >= 0.6 is 0 Å². The predicted molar refractivity (Wildman–Crippen MR) is 139 cm³/mol. The normalized spacial score (nSPS) is 11.5. The van der Waals surface area contributed by atoms with E-state index >= 15 is 0 Å². The van der Waals surface area contributed by atoms with E-state index < -0.39 is 24.3 Å². The number of halogens is 6. The number of carbonyl (C=O) groups excluding carboxylic acids is 2. The van der Waals surface area contributed by atoms with Crippen LogP contribution in [0.1, 0.15) is 29.0 Å². The van der Waals surface area contributed by atoms with E-state index in [0.29, 0.717) is 12.2 Å². The maximum Gasteiger partial charge on any atom is 0.490 e. The Morgan fingerprint density at radius 1 is 1.05 bits per heavy atom. The van der Waals surface area contributed by atoms with Crippen molar-refractivity contribution < 1.29 is 55.7 Å². The van der Waals surface area contributed by atoms with Gasteiger partial charge in [0.05, 0.1) is 6.33 Å². The third-order valence-electron chi connectivity index (χ3n) is 4.98. The van der Waals surface area contributed by atoms with Crippen LogP contribution in [0.2, 0.25) is 0 Å². The molecule has 236 valence electrons. The molecule has 3 aromatic rings. The average Bonchev–Trinajstić information content (AvgIpc) is 3.59. The molecule has 3 rings (SSSR count). The highest BCUT2D eigenvalue weighted by Gasteiger charge is 2.38. The van der Waals surface area contributed by atoms with Crippen LogP contribution in [0.15, 0.2) is 47.8 Å². The second-order valence-corrected chi connectivity index (χ2v) is 8.35. The van der Waals surface area contributed by atoms with Gasteiger partial charge in [-0.2, -0.15) is 26.3 Å². The Kier molecular flexibility index (Phi) is 13.7. The van der Waals surface area contributed by atoms with Gasteiger partial charge in [-0.15, -0.1) is 0 Å². The number of aliphatic imine (C=N–C) groups is 1. The number of hydrogen-bond donors (Lipinski definition) is 6. The first-order valence-corrected chi connectivity index (χ1v) is 11.9. The number of imidazole rings is 1. The Balaban J connectivity index is 0.000000548. The molecule has 43 heavy (non-hydrogen) atoms. The molecule has 0 aliphatic carbocycles. The van der Waals surface area contributed by atoms with Gasteiger partial charge in [-0.1, -0.05) is 18.2 Å². The Labute approximate surface area is 238 Å². The molecule has 0 fully saturated rings. The zero-order valence-corrected chi connectivity index (χ0v) is 22.3. The van der Waals surface area contributed by atoms with Crippen molar-refractivity contribution in [3.05, 3.63) is 54.2 Å². The molecular weight excluding hydrogens is 596 g/mol. The molecule has 19 heteroatoms. The monoisotopic (exact) mass is 623 g/mol. The van der Waals surface area contributed by atoms with E-state index in [1.54, 1.807) is 19.6 Å². The van der Waals surface area contributed by atoms with Crippen LogP contribution in [0.5, 0.6) is 0 Å². The number of aromatic amines is 2. The summed E-state index contributed by atoms with van der Waals surface area (Å²) in [6.45, 7) is 0.775. The molecule has 0 saturated heterocycles. The average molecular weight is 624 g/mol. The summed E-state index contributed by atoms with van der Waals surface area (Å²) in [6.07, 6.45) is -5.03. The number of para-hydroxylation sites is 1. The topological polar surface area (TPSA) is 207 Å². The minimum absolute atomic E-state index is 0.0872. The molecular formula is C24H27F6N7O6. The summed E-state index contributed by atoms with van der Waals surface area (Å²) >= 11 is 0. The first-order valence-electron chi connectivity index (χ1n) is 11.9. The zero-order chi connectivity index (χ0) is 32.8. The lowest BCUT2D eigenvalue weighted by Gasteiger charge is -2.16. The summed E-state index contributed by atoms with van der Waals surface area (Å²) in [5.74, 6) is -5.88. The molecule has 0 saturated carbocycles. The van der Waals surface area contributed by atoms with Gasteiger partial charge in [0.1, 0.15) is 5.69 Å². The van der Waals surface area contributed by atoms with E-state index in [4.69, 9.17) is 25.5 Å². The SMILES string of the molecule is CN(CCC(=O)NC(N)=NCCCc1cnc[nH]1)C(=O)c1cc2ccccc2[nH]1.O=C(O)C(F)(F)F.O=C(O)C(F)(F)F. The third-order valence-corrected chi connectivity index (χ3v) is 4.98. The molecule has 1 aromatic carbocycles. The number of guanidine groups is 1. The Hall–Kier alpha value is -5.10. The largest absolute Gasteiger partial charge is 0.490 e. The minimum Gasteiger partial charge on any atom is -0.475 e. The molecule has 0 spiro atoms. The first kappa shape index (κ1) is 35.9. The van der Waals surface area contributed by atoms with Crippen LogP contribution in [-0.2, 0) is 20.8 Å². The zero-order valence-electron chi connectivity index (χ0n) is 22.3. The van der Waals surface area contributed by atoms with Gasteiger partial charge in [-0.25, -0.2) is 14.6 Å². The number of carboxylic acids is 2. The molecule has 0 radical (unpaired) electrons. The van der Waals surface area contributed by atoms with E-state index in [9.17, 15) is 35.9 Å². The maximum atomic E-state index is 12.5. The number of amides is 2. The number of alkyl halides is 6. The number of fused-ring (bicyclic) bond motifs is 1. The summed E-state index contributed by atoms with van der Waals surface area (Å²) in [6, 6.07) is 9.48. The lowest BCUT2D eigenvalue weighted by atomic mass is 10.2. The minimum atomic E-state index is -5.08. The Bertz CT molecular complexity index is 1330. The summed E-state index contributed by atoms with van der Waals surface area (Å²) in [4.78, 5) is 58.1. The fraction of sp³-hybridized carbons (Fsp3) is 0.333. The highest BCUT2D eigenvalue weighted by molar-refractivity contribution is 5.99. The predicted octanol–water partition coefficient (Wildman–Crippen LogP) is 2.68. The van der Waals surface area contributed by atoms with E-state index in [1.807, 2.05) is 30.3 Å². The van der Waals surface area contributed by atoms with Gasteiger partial charge in [0, 0.05) is 49.4 Å². The van der Waals surface area contributed by atoms with Gasteiger partial charge < -0.3 is 30.8 Å². The number of aryl methyl sites for hydroxylation is 1. The Morgan fingerprint density at radius 2 is 1.63 bits per heavy atom. The summed E-state index contributed by atoms with van der Waals surface area (Å²) in [5, 5.41) is 17.8. The lowest BCUT2D eigenvalue weighted by molar-refractivity contribution is -0.193. The number of carboxylic acid groups (broad SMARTS) is 2. The fourth-order valence-electron chi connectivity index (χ4n) is 2.90. The van der Waals surface area contributed by atoms with E-state index in [0.717, 1.165) is 29.4 Å². The summed E-state index contributed by atoms with van der Waals surface area (Å²) in [5.41, 5.74) is 8.17. The van der Waals surface area contributed by atoms with E-state index in [2.05, 4.69) is 25.3 Å². The number of nitrogens with two attached hydrogens (primary N) is 1. The second kappa shape index (κ2) is 16.4. The number of hydrogen-bond acceptors (Lipinski definition) is 6. The van der Waals surface area contributed by atoms with Crippen molar-refractivity contribution in [1.82, 2.24) is 25.2 Å². The number of carbonyl (C=O) groups is 4. The highest BCUT2D eigenvalue weighted by atomic mass is 19.4. The van der Waals surface area contributed by atoms with Gasteiger partial charge in [-0.05, 0) is 25.0 Å². The molecule has 2 aromatic heterocycles. The van der Waals surface area contributed by atoms with Gasteiger partial charge in [0.15, 0.2) is 5.96 Å². The molecule has 0 aliphatic heterocycles. The summed E-state index contributed by atoms with van der Waals surface area (Å²) in [7, 11) is 1.66. The fourth-order valence-corrected chi connectivity index (χ4v) is 2.90. The van der Waals surface area contributed by atoms with Crippen LogP contribution in [-0.4, -0.2) is 92.3 Å². The molecule has 2 amide bonds.